The van der Waals surface area contributed by atoms with E-state index in [1.165, 1.54) is 0 Å². The minimum Gasteiger partial charge on any atom is -0.381 e. The fourth-order valence-corrected chi connectivity index (χ4v) is 2.77. The van der Waals surface area contributed by atoms with Crippen molar-refractivity contribution in [1.29, 1.82) is 5.26 Å². The van der Waals surface area contributed by atoms with Crippen LogP contribution in [0.25, 0.3) is 0 Å². The SMILES string of the molecule is CC(C)SC1(C#N)CCOCC1. The molecule has 1 saturated heterocycles. The third-order valence-corrected chi connectivity index (χ3v) is 3.39. The first kappa shape index (κ1) is 9.88. The predicted molar refractivity (Wildman–Crippen MR) is 51.1 cm³/mol. The second-order valence-corrected chi connectivity index (χ2v) is 5.35. The Kier molecular flexibility index (Phi) is 3.42. The van der Waals surface area contributed by atoms with Crippen LogP contribution < -0.4 is 0 Å². The van der Waals surface area contributed by atoms with Crippen LogP contribution in [0, 0.1) is 11.3 Å². The smallest absolute Gasteiger partial charge is 0.107 e. The maximum Gasteiger partial charge on any atom is 0.107 e. The zero-order valence-electron chi connectivity index (χ0n) is 7.67. The van der Waals surface area contributed by atoms with E-state index in [0.29, 0.717) is 5.25 Å². The van der Waals surface area contributed by atoms with Crippen molar-refractivity contribution in [2.24, 2.45) is 0 Å². The third kappa shape index (κ3) is 2.40. The molecule has 0 atom stereocenters. The van der Waals surface area contributed by atoms with Crippen LogP contribution in [0.1, 0.15) is 26.7 Å². The van der Waals surface area contributed by atoms with Crippen LogP contribution in [-0.4, -0.2) is 23.2 Å². The highest BCUT2D eigenvalue weighted by atomic mass is 32.2. The molecule has 1 aliphatic rings. The van der Waals surface area contributed by atoms with E-state index < -0.39 is 0 Å². The lowest BCUT2D eigenvalue weighted by Gasteiger charge is -2.31. The summed E-state index contributed by atoms with van der Waals surface area (Å²) in [6.45, 7) is 5.76. The first-order valence-corrected chi connectivity index (χ1v) is 5.23. The highest BCUT2D eigenvalue weighted by molar-refractivity contribution is 8.01. The Morgan fingerprint density at radius 2 is 2.00 bits per heavy atom. The van der Waals surface area contributed by atoms with Crippen molar-refractivity contribution in [2.45, 2.75) is 36.7 Å². The molecule has 1 heterocycles. The monoisotopic (exact) mass is 185 g/mol. The van der Waals surface area contributed by atoms with Crippen LogP contribution in [0.5, 0.6) is 0 Å². The van der Waals surface area contributed by atoms with Gasteiger partial charge in [-0.15, -0.1) is 11.8 Å². The van der Waals surface area contributed by atoms with Gasteiger partial charge >= 0.3 is 0 Å². The summed E-state index contributed by atoms with van der Waals surface area (Å²) in [5, 5.41) is 9.59. The van der Waals surface area contributed by atoms with Gasteiger partial charge in [0.05, 0.1) is 6.07 Å². The molecular formula is C9H15NOS. The molecule has 1 rings (SSSR count). The van der Waals surface area contributed by atoms with E-state index in [9.17, 15) is 0 Å². The molecule has 3 heteroatoms. The second-order valence-electron chi connectivity index (χ2n) is 3.39. The van der Waals surface area contributed by atoms with Crippen molar-refractivity contribution in [3.05, 3.63) is 0 Å². The first-order chi connectivity index (χ1) is 5.68. The van der Waals surface area contributed by atoms with Crippen molar-refractivity contribution in [2.75, 3.05) is 13.2 Å². The molecule has 2 nitrogen and oxygen atoms in total. The maximum atomic E-state index is 9.06. The predicted octanol–water partition coefficient (Wildman–Crippen LogP) is 2.20. The zero-order valence-corrected chi connectivity index (χ0v) is 8.49. The van der Waals surface area contributed by atoms with E-state index in [1.807, 2.05) is 0 Å². The molecule has 0 aliphatic carbocycles. The molecule has 1 fully saturated rings. The summed E-state index contributed by atoms with van der Waals surface area (Å²) in [6, 6.07) is 2.43. The van der Waals surface area contributed by atoms with Crippen LogP contribution in [0.3, 0.4) is 0 Å². The molecule has 68 valence electrons. The average molecular weight is 185 g/mol. The lowest BCUT2D eigenvalue weighted by molar-refractivity contribution is 0.0885. The summed E-state index contributed by atoms with van der Waals surface area (Å²) in [6.07, 6.45) is 1.76. The topological polar surface area (TPSA) is 33.0 Å². The Morgan fingerprint density at radius 3 is 2.42 bits per heavy atom. The molecule has 0 spiro atoms. The quantitative estimate of drug-likeness (QED) is 0.661. The number of hydrogen-bond acceptors (Lipinski definition) is 3. The Bertz CT molecular complexity index is 179. The van der Waals surface area contributed by atoms with Gasteiger partial charge in [0.15, 0.2) is 0 Å². The zero-order chi connectivity index (χ0) is 9.03. The Hall–Kier alpha value is -0.200. The third-order valence-electron chi connectivity index (χ3n) is 1.97. The van der Waals surface area contributed by atoms with E-state index in [2.05, 4.69) is 19.9 Å². The van der Waals surface area contributed by atoms with Crippen molar-refractivity contribution >= 4 is 11.8 Å². The summed E-state index contributed by atoms with van der Waals surface area (Å²) < 4.78 is 5.08. The standard InChI is InChI=1S/C9H15NOS/c1-8(2)12-9(7-10)3-5-11-6-4-9/h8H,3-6H2,1-2H3. The van der Waals surface area contributed by atoms with Crippen LogP contribution in [0.4, 0.5) is 0 Å². The molecule has 0 saturated carbocycles. The molecule has 0 aromatic carbocycles. The highest BCUT2D eigenvalue weighted by Gasteiger charge is 2.33. The van der Waals surface area contributed by atoms with Crippen LogP contribution in [0.15, 0.2) is 0 Å². The number of nitrogens with zero attached hydrogens (tertiary/aromatic N) is 1. The van der Waals surface area contributed by atoms with Gasteiger partial charge in [-0.05, 0) is 12.8 Å². The summed E-state index contributed by atoms with van der Waals surface area (Å²) >= 11 is 1.78. The Balaban J connectivity index is 2.55. The van der Waals surface area contributed by atoms with Gasteiger partial charge in [0.2, 0.25) is 0 Å². The van der Waals surface area contributed by atoms with Crippen LogP contribution >= 0.6 is 11.8 Å². The molecule has 0 bridgehead atoms. The summed E-state index contributed by atoms with van der Waals surface area (Å²) in [5.74, 6) is 0. The lowest BCUT2D eigenvalue weighted by atomic mass is 10.0. The van der Waals surface area contributed by atoms with E-state index in [4.69, 9.17) is 10.00 Å². The van der Waals surface area contributed by atoms with Gasteiger partial charge in [-0.1, -0.05) is 13.8 Å². The van der Waals surface area contributed by atoms with Gasteiger partial charge in [-0.3, -0.25) is 0 Å². The Morgan fingerprint density at radius 1 is 1.42 bits per heavy atom. The minimum atomic E-state index is -0.160. The van der Waals surface area contributed by atoms with Crippen LogP contribution in [-0.2, 0) is 4.74 Å². The molecule has 12 heavy (non-hydrogen) atoms. The molecule has 0 unspecified atom stereocenters. The molecule has 1 aliphatic heterocycles. The van der Waals surface area contributed by atoms with Crippen molar-refractivity contribution < 1.29 is 4.74 Å². The highest BCUT2D eigenvalue weighted by Crippen LogP contribution is 2.37. The van der Waals surface area contributed by atoms with Gasteiger partial charge in [-0.25, -0.2) is 0 Å². The molecule has 0 amide bonds. The molecule has 0 aromatic rings. The summed E-state index contributed by atoms with van der Waals surface area (Å²) in [7, 11) is 0. The average Bonchev–Trinajstić information content (AvgIpc) is 2.05. The van der Waals surface area contributed by atoms with Crippen molar-refractivity contribution in [1.82, 2.24) is 0 Å². The fourth-order valence-electron chi connectivity index (χ4n) is 1.41. The van der Waals surface area contributed by atoms with E-state index in [0.717, 1.165) is 26.1 Å². The Labute approximate surface area is 78.3 Å². The van der Waals surface area contributed by atoms with Crippen molar-refractivity contribution in [3.63, 3.8) is 0 Å². The van der Waals surface area contributed by atoms with Crippen molar-refractivity contribution in [3.8, 4) is 6.07 Å². The number of rotatable bonds is 2. The van der Waals surface area contributed by atoms with Gasteiger partial charge < -0.3 is 4.74 Å². The normalized spacial score (nSPS) is 22.2. The number of thioether (sulfide) groups is 1. The van der Waals surface area contributed by atoms with Gasteiger partial charge in [0.1, 0.15) is 4.75 Å². The van der Waals surface area contributed by atoms with Gasteiger partial charge in [-0.2, -0.15) is 5.26 Å². The summed E-state index contributed by atoms with van der Waals surface area (Å²) in [5.41, 5.74) is 0. The summed E-state index contributed by atoms with van der Waals surface area (Å²) in [4.78, 5) is 0. The second kappa shape index (κ2) is 4.15. The molecular weight excluding hydrogens is 170 g/mol. The van der Waals surface area contributed by atoms with E-state index in [1.54, 1.807) is 11.8 Å². The van der Waals surface area contributed by atoms with Gasteiger partial charge in [0.25, 0.3) is 0 Å². The lowest BCUT2D eigenvalue weighted by Crippen LogP contribution is -2.32. The first-order valence-electron chi connectivity index (χ1n) is 4.35. The molecule has 0 radical (unpaired) electrons. The van der Waals surface area contributed by atoms with E-state index >= 15 is 0 Å². The largest absolute Gasteiger partial charge is 0.381 e. The fraction of sp³-hybridized carbons (Fsp3) is 0.889. The number of nitriles is 1. The number of hydrogen-bond donors (Lipinski definition) is 0. The van der Waals surface area contributed by atoms with Crippen LogP contribution in [0.2, 0.25) is 0 Å². The molecule has 0 aromatic heterocycles. The van der Waals surface area contributed by atoms with E-state index in [-0.39, 0.29) is 4.75 Å². The maximum absolute atomic E-state index is 9.06. The minimum absolute atomic E-state index is 0.160. The molecule has 0 N–H and O–H groups in total. The van der Waals surface area contributed by atoms with Gasteiger partial charge in [0, 0.05) is 18.5 Å². The number of ether oxygens (including phenoxy) is 1.